The van der Waals surface area contributed by atoms with Crippen LogP contribution in [-0.4, -0.2) is 15.9 Å². The molecule has 0 unspecified atom stereocenters. The molecule has 0 aliphatic rings. The van der Waals surface area contributed by atoms with E-state index in [1.807, 2.05) is 24.3 Å². The van der Waals surface area contributed by atoms with Gasteiger partial charge in [-0.25, -0.2) is 14.4 Å². The Morgan fingerprint density at radius 3 is 2.25 bits per heavy atom. The van der Waals surface area contributed by atoms with Gasteiger partial charge in [0.15, 0.2) is 0 Å². The Morgan fingerprint density at radius 2 is 1.58 bits per heavy atom. The molecule has 120 valence electrons. The van der Waals surface area contributed by atoms with Crippen LogP contribution in [0.25, 0.3) is 0 Å². The van der Waals surface area contributed by atoms with Gasteiger partial charge in [0.05, 0.1) is 16.9 Å². The lowest BCUT2D eigenvalue weighted by atomic mass is 10.2. The zero-order valence-corrected chi connectivity index (χ0v) is 13.9. The minimum Gasteiger partial charge on any atom is -0.323 e. The quantitative estimate of drug-likeness (QED) is 0.698. The number of benzene rings is 2. The highest BCUT2D eigenvalue weighted by atomic mass is 79.9. The standard InChI is InChI=1S/C17H12BrFN4O/c18-12-5-1-3-7-14(12)23-17-20-9-11(10-21-17)16(24)22-15-8-4-2-6-13(15)19/h1-10H,(H,22,24)(H,20,21,23). The van der Waals surface area contributed by atoms with Gasteiger partial charge >= 0.3 is 0 Å². The van der Waals surface area contributed by atoms with Crippen LogP contribution in [0, 0.1) is 5.82 Å². The van der Waals surface area contributed by atoms with Crippen molar-refractivity contribution in [1.82, 2.24) is 9.97 Å². The topological polar surface area (TPSA) is 66.9 Å². The number of hydrogen-bond donors (Lipinski definition) is 2. The number of nitrogens with one attached hydrogen (secondary N) is 2. The van der Waals surface area contributed by atoms with Crippen molar-refractivity contribution in [3.8, 4) is 0 Å². The first kappa shape index (κ1) is 16.1. The highest BCUT2D eigenvalue weighted by Crippen LogP contribution is 2.23. The highest BCUT2D eigenvalue weighted by Gasteiger charge is 2.10. The van der Waals surface area contributed by atoms with E-state index < -0.39 is 11.7 Å². The summed E-state index contributed by atoms with van der Waals surface area (Å²) >= 11 is 3.42. The fraction of sp³-hybridized carbons (Fsp3) is 0. The van der Waals surface area contributed by atoms with Gasteiger partial charge in [-0.05, 0) is 40.2 Å². The average molecular weight is 387 g/mol. The number of para-hydroxylation sites is 2. The van der Waals surface area contributed by atoms with Gasteiger partial charge in [0.25, 0.3) is 5.91 Å². The number of aromatic nitrogens is 2. The Morgan fingerprint density at radius 1 is 0.958 bits per heavy atom. The minimum absolute atomic E-state index is 0.109. The number of carbonyl (C=O) groups is 1. The third-order valence-corrected chi connectivity index (χ3v) is 3.85. The van der Waals surface area contributed by atoms with Crippen LogP contribution in [0.3, 0.4) is 0 Å². The lowest BCUT2D eigenvalue weighted by Crippen LogP contribution is -2.14. The molecule has 0 saturated heterocycles. The van der Waals surface area contributed by atoms with Gasteiger partial charge in [0.2, 0.25) is 5.95 Å². The molecule has 1 aromatic heterocycles. The molecule has 0 atom stereocenters. The Balaban J connectivity index is 1.71. The summed E-state index contributed by atoms with van der Waals surface area (Å²) in [6.45, 7) is 0. The Hall–Kier alpha value is -2.80. The maximum absolute atomic E-state index is 13.5. The van der Waals surface area contributed by atoms with Crippen molar-refractivity contribution in [2.75, 3.05) is 10.6 Å². The average Bonchev–Trinajstić information content (AvgIpc) is 2.59. The molecule has 0 aliphatic carbocycles. The zero-order chi connectivity index (χ0) is 16.9. The number of carbonyl (C=O) groups excluding carboxylic acids is 1. The summed E-state index contributed by atoms with van der Waals surface area (Å²) in [6.07, 6.45) is 2.75. The van der Waals surface area contributed by atoms with Crippen molar-refractivity contribution in [3.63, 3.8) is 0 Å². The Labute approximate surface area is 146 Å². The summed E-state index contributed by atoms with van der Waals surface area (Å²) in [5.41, 5.74) is 1.15. The highest BCUT2D eigenvalue weighted by molar-refractivity contribution is 9.10. The normalized spacial score (nSPS) is 10.2. The van der Waals surface area contributed by atoms with E-state index in [1.54, 1.807) is 12.1 Å². The largest absolute Gasteiger partial charge is 0.323 e. The molecule has 5 nitrogen and oxygen atoms in total. The van der Waals surface area contributed by atoms with E-state index in [4.69, 9.17) is 0 Å². The first-order chi connectivity index (χ1) is 11.6. The third kappa shape index (κ3) is 3.75. The summed E-state index contributed by atoms with van der Waals surface area (Å²) in [5.74, 6) is -0.629. The zero-order valence-electron chi connectivity index (χ0n) is 12.3. The summed E-state index contributed by atoms with van der Waals surface area (Å²) in [4.78, 5) is 20.3. The molecule has 0 radical (unpaired) electrons. The number of halogens is 2. The van der Waals surface area contributed by atoms with E-state index >= 15 is 0 Å². The van der Waals surface area contributed by atoms with Crippen LogP contribution < -0.4 is 10.6 Å². The number of anilines is 3. The van der Waals surface area contributed by atoms with Crippen LogP contribution >= 0.6 is 15.9 Å². The van der Waals surface area contributed by atoms with Crippen LogP contribution in [0.2, 0.25) is 0 Å². The molecule has 1 heterocycles. The second kappa shape index (κ2) is 7.18. The number of amides is 1. The summed E-state index contributed by atoms with van der Waals surface area (Å²) < 4.78 is 14.4. The van der Waals surface area contributed by atoms with Crippen LogP contribution in [0.5, 0.6) is 0 Å². The minimum atomic E-state index is -0.501. The number of rotatable bonds is 4. The van der Waals surface area contributed by atoms with Gasteiger partial charge in [0.1, 0.15) is 5.82 Å². The molecule has 0 aliphatic heterocycles. The van der Waals surface area contributed by atoms with E-state index in [9.17, 15) is 9.18 Å². The molecule has 2 N–H and O–H groups in total. The smallest absolute Gasteiger partial charge is 0.258 e. The summed E-state index contributed by atoms with van der Waals surface area (Å²) in [5, 5.41) is 5.52. The molecular formula is C17H12BrFN4O. The number of hydrogen-bond acceptors (Lipinski definition) is 4. The molecule has 0 saturated carbocycles. The lowest BCUT2D eigenvalue weighted by molar-refractivity contribution is 0.102. The molecule has 24 heavy (non-hydrogen) atoms. The molecule has 1 amide bonds. The van der Waals surface area contributed by atoms with Gasteiger partial charge in [-0.1, -0.05) is 24.3 Å². The third-order valence-electron chi connectivity index (χ3n) is 3.16. The van der Waals surface area contributed by atoms with Gasteiger partial charge in [-0.3, -0.25) is 4.79 Å². The molecule has 3 rings (SSSR count). The van der Waals surface area contributed by atoms with Crippen LogP contribution in [0.15, 0.2) is 65.4 Å². The Kier molecular flexibility index (Phi) is 4.81. The monoisotopic (exact) mass is 386 g/mol. The molecule has 7 heteroatoms. The fourth-order valence-electron chi connectivity index (χ4n) is 1.95. The van der Waals surface area contributed by atoms with Gasteiger partial charge < -0.3 is 10.6 Å². The van der Waals surface area contributed by atoms with Crippen LogP contribution in [-0.2, 0) is 0 Å². The summed E-state index contributed by atoms with van der Waals surface area (Å²) in [7, 11) is 0. The molecular weight excluding hydrogens is 375 g/mol. The first-order valence-electron chi connectivity index (χ1n) is 7.03. The van der Waals surface area contributed by atoms with Crippen LogP contribution in [0.4, 0.5) is 21.7 Å². The van der Waals surface area contributed by atoms with Crippen molar-refractivity contribution < 1.29 is 9.18 Å². The van der Waals surface area contributed by atoms with Crippen molar-refractivity contribution in [3.05, 3.63) is 76.8 Å². The predicted molar refractivity (Wildman–Crippen MR) is 93.8 cm³/mol. The predicted octanol–water partition coefficient (Wildman–Crippen LogP) is 4.37. The van der Waals surface area contributed by atoms with Gasteiger partial charge in [0, 0.05) is 16.9 Å². The van der Waals surface area contributed by atoms with Crippen molar-refractivity contribution in [2.45, 2.75) is 0 Å². The van der Waals surface area contributed by atoms with E-state index in [0.717, 1.165) is 10.2 Å². The number of nitrogens with zero attached hydrogens (tertiary/aromatic N) is 2. The first-order valence-corrected chi connectivity index (χ1v) is 7.82. The van der Waals surface area contributed by atoms with Gasteiger partial charge in [-0.2, -0.15) is 0 Å². The summed E-state index contributed by atoms with van der Waals surface area (Å²) in [6, 6.07) is 13.5. The van der Waals surface area contributed by atoms with E-state index in [2.05, 4.69) is 36.5 Å². The Bertz CT molecular complexity index is 870. The lowest BCUT2D eigenvalue weighted by Gasteiger charge is -2.08. The van der Waals surface area contributed by atoms with Crippen molar-refractivity contribution in [2.24, 2.45) is 0 Å². The molecule has 0 spiro atoms. The molecule has 0 bridgehead atoms. The van der Waals surface area contributed by atoms with Crippen LogP contribution in [0.1, 0.15) is 10.4 Å². The van der Waals surface area contributed by atoms with Crippen molar-refractivity contribution in [1.29, 1.82) is 0 Å². The SMILES string of the molecule is O=C(Nc1ccccc1F)c1cnc(Nc2ccccc2Br)nc1. The maximum Gasteiger partial charge on any atom is 0.258 e. The van der Waals surface area contributed by atoms with Crippen molar-refractivity contribution >= 4 is 39.2 Å². The second-order valence-corrected chi connectivity index (χ2v) is 5.69. The van der Waals surface area contributed by atoms with Gasteiger partial charge in [-0.15, -0.1) is 0 Å². The molecule has 3 aromatic rings. The molecule has 2 aromatic carbocycles. The van der Waals surface area contributed by atoms with E-state index in [1.165, 1.54) is 24.5 Å². The second-order valence-electron chi connectivity index (χ2n) is 4.83. The molecule has 0 fully saturated rings. The maximum atomic E-state index is 13.5. The fourth-order valence-corrected chi connectivity index (χ4v) is 2.33. The van der Waals surface area contributed by atoms with E-state index in [-0.39, 0.29) is 11.3 Å². The van der Waals surface area contributed by atoms with E-state index in [0.29, 0.717) is 5.95 Å².